The number of methoxy groups -OCH3 is 1. The Hall–Kier alpha value is -1.06. The maximum absolute atomic E-state index is 12.0. The van der Waals surface area contributed by atoms with Crippen LogP contribution in [-0.2, 0) is 9.53 Å². The van der Waals surface area contributed by atoms with Crippen molar-refractivity contribution in [2.45, 2.75) is 40.2 Å². The molecule has 2 rings (SSSR count). The third kappa shape index (κ3) is 1.36. The van der Waals surface area contributed by atoms with Crippen LogP contribution in [0.4, 0.5) is 4.79 Å². The van der Waals surface area contributed by atoms with Crippen molar-refractivity contribution in [1.29, 1.82) is 0 Å². The van der Waals surface area contributed by atoms with Gasteiger partial charge in [0, 0.05) is 18.9 Å². The number of Topliss-reactive ketones (excluding diaryl/α,β-unsaturated/α-hetero) is 1. The summed E-state index contributed by atoms with van der Waals surface area (Å²) in [6, 6.07) is -0.00815. The van der Waals surface area contributed by atoms with E-state index in [0.717, 1.165) is 0 Å². The number of hydrogen-bond acceptors (Lipinski definition) is 3. The molecule has 2 atom stereocenters. The van der Waals surface area contributed by atoms with Crippen LogP contribution in [0.5, 0.6) is 0 Å². The Bertz CT molecular complexity index is 373. The van der Waals surface area contributed by atoms with E-state index in [9.17, 15) is 9.59 Å². The highest BCUT2D eigenvalue weighted by atomic mass is 16.5. The summed E-state index contributed by atoms with van der Waals surface area (Å²) in [6.07, 6.45) is 0.145. The second-order valence-corrected chi connectivity index (χ2v) is 6.25. The van der Waals surface area contributed by atoms with Crippen molar-refractivity contribution in [3.63, 3.8) is 0 Å². The van der Waals surface area contributed by atoms with Crippen molar-refractivity contribution in [2.75, 3.05) is 13.7 Å². The summed E-state index contributed by atoms with van der Waals surface area (Å²) in [6.45, 7) is 8.98. The molecule has 1 saturated heterocycles. The number of amides is 1. The van der Waals surface area contributed by atoms with E-state index >= 15 is 0 Å². The Morgan fingerprint density at radius 3 is 2.41 bits per heavy atom. The number of hydrogen-bond donors (Lipinski definition) is 0. The Morgan fingerprint density at radius 1 is 1.29 bits per heavy atom. The van der Waals surface area contributed by atoms with Crippen LogP contribution >= 0.6 is 0 Å². The molecule has 0 N–H and O–H groups in total. The second-order valence-electron chi connectivity index (χ2n) is 6.25. The van der Waals surface area contributed by atoms with Crippen molar-refractivity contribution >= 4 is 11.9 Å². The van der Waals surface area contributed by atoms with Crippen LogP contribution in [0.3, 0.4) is 0 Å². The number of carbonyl (C=O) groups excluding carboxylic acids is 2. The first kappa shape index (κ1) is 12.4. The van der Waals surface area contributed by atoms with Gasteiger partial charge in [-0.2, -0.15) is 0 Å². The molecule has 1 saturated carbocycles. The molecule has 17 heavy (non-hydrogen) atoms. The first-order valence-corrected chi connectivity index (χ1v) is 6.12. The molecule has 0 aromatic carbocycles. The highest BCUT2D eigenvalue weighted by Gasteiger charge is 2.68. The Balaban J connectivity index is 2.34. The maximum atomic E-state index is 12.0. The Kier molecular flexibility index (Phi) is 2.53. The number of fused-ring (bicyclic) bond motifs is 1. The highest BCUT2D eigenvalue weighted by Crippen LogP contribution is 2.63. The molecule has 0 spiro atoms. The van der Waals surface area contributed by atoms with Gasteiger partial charge in [-0.3, -0.25) is 4.79 Å². The van der Waals surface area contributed by atoms with Crippen molar-refractivity contribution in [1.82, 2.24) is 4.90 Å². The van der Waals surface area contributed by atoms with Gasteiger partial charge in [-0.1, -0.05) is 27.7 Å². The summed E-state index contributed by atoms with van der Waals surface area (Å²) < 4.78 is 4.81. The first-order valence-electron chi connectivity index (χ1n) is 6.12. The number of ketones is 1. The highest BCUT2D eigenvalue weighted by molar-refractivity contribution is 5.87. The topological polar surface area (TPSA) is 46.6 Å². The van der Waals surface area contributed by atoms with Gasteiger partial charge in [0.15, 0.2) is 0 Å². The number of nitrogens with zero attached hydrogens (tertiary/aromatic N) is 1. The Morgan fingerprint density at radius 2 is 1.88 bits per heavy atom. The van der Waals surface area contributed by atoms with Crippen LogP contribution < -0.4 is 0 Å². The van der Waals surface area contributed by atoms with Crippen LogP contribution in [0.1, 0.15) is 34.1 Å². The summed E-state index contributed by atoms with van der Waals surface area (Å²) in [7, 11) is 1.39. The molecule has 96 valence electrons. The van der Waals surface area contributed by atoms with Gasteiger partial charge in [-0.25, -0.2) is 4.79 Å². The molecular weight excluding hydrogens is 218 g/mol. The lowest BCUT2D eigenvalue weighted by Gasteiger charge is -2.68. The van der Waals surface area contributed by atoms with Gasteiger partial charge in [0.25, 0.3) is 0 Å². The molecule has 0 bridgehead atoms. The average molecular weight is 239 g/mol. The molecule has 0 radical (unpaired) electrons. The molecule has 1 aliphatic heterocycles. The normalized spacial score (nSPS) is 33.7. The third-order valence-electron chi connectivity index (χ3n) is 5.18. The van der Waals surface area contributed by atoms with Crippen LogP contribution in [0.25, 0.3) is 0 Å². The fraction of sp³-hybridized carbons (Fsp3) is 0.846. The molecule has 4 heteroatoms. The lowest BCUT2D eigenvalue weighted by atomic mass is 9.41. The van der Waals surface area contributed by atoms with E-state index in [1.165, 1.54) is 7.11 Å². The fourth-order valence-electron chi connectivity index (χ4n) is 3.49. The van der Waals surface area contributed by atoms with E-state index < -0.39 is 0 Å². The smallest absolute Gasteiger partial charge is 0.409 e. The number of carbonyl (C=O) groups is 2. The van der Waals surface area contributed by atoms with Crippen LogP contribution in [-0.4, -0.2) is 36.5 Å². The second kappa shape index (κ2) is 3.47. The molecule has 0 aromatic rings. The largest absolute Gasteiger partial charge is 0.453 e. The van der Waals surface area contributed by atoms with Gasteiger partial charge in [-0.05, 0) is 10.8 Å². The summed E-state index contributed by atoms with van der Waals surface area (Å²) in [4.78, 5) is 25.5. The molecule has 2 fully saturated rings. The number of likely N-dealkylation sites (tertiary alicyclic amines) is 1. The molecule has 0 aromatic heterocycles. The molecule has 1 aliphatic carbocycles. The lowest BCUT2D eigenvalue weighted by Crippen LogP contribution is -2.74. The molecule has 4 nitrogen and oxygen atoms in total. The van der Waals surface area contributed by atoms with E-state index in [0.29, 0.717) is 18.7 Å². The quantitative estimate of drug-likeness (QED) is 0.650. The maximum Gasteiger partial charge on any atom is 0.409 e. The lowest BCUT2D eigenvalue weighted by molar-refractivity contribution is -0.194. The predicted molar refractivity (Wildman–Crippen MR) is 63.6 cm³/mol. The summed E-state index contributed by atoms with van der Waals surface area (Å²) >= 11 is 0. The fourth-order valence-corrected chi connectivity index (χ4v) is 3.49. The van der Waals surface area contributed by atoms with Crippen LogP contribution in [0.2, 0.25) is 0 Å². The predicted octanol–water partition coefficient (Wildman–Crippen LogP) is 2.08. The first-order chi connectivity index (χ1) is 7.75. The minimum atomic E-state index is -0.309. The van der Waals surface area contributed by atoms with E-state index in [1.807, 2.05) is 0 Å². The number of rotatable bonds is 0. The molecule has 1 heterocycles. The standard InChI is InChI=1S/C13H21NO3/c1-12(2)9-8(15)6-7-14(11(16)17-5)10(9)13(12,3)4/h9-10H,6-7H2,1-5H3/t9-,10-/m1/s1. The molecule has 1 amide bonds. The summed E-state index contributed by atoms with van der Waals surface area (Å²) in [5.41, 5.74) is -0.108. The van der Waals surface area contributed by atoms with Gasteiger partial charge in [0.1, 0.15) is 5.78 Å². The van der Waals surface area contributed by atoms with Gasteiger partial charge >= 0.3 is 6.09 Å². The minimum Gasteiger partial charge on any atom is -0.453 e. The monoisotopic (exact) mass is 239 g/mol. The van der Waals surface area contributed by atoms with Gasteiger partial charge in [0.05, 0.1) is 13.2 Å². The van der Waals surface area contributed by atoms with Crippen LogP contribution in [0.15, 0.2) is 0 Å². The zero-order valence-electron chi connectivity index (χ0n) is 11.2. The number of ether oxygens (including phenoxy) is 1. The summed E-state index contributed by atoms with van der Waals surface area (Å²) in [5.74, 6) is 0.254. The minimum absolute atomic E-state index is 0.00815. The third-order valence-corrected chi connectivity index (χ3v) is 5.18. The van der Waals surface area contributed by atoms with Gasteiger partial charge in [0.2, 0.25) is 0 Å². The van der Waals surface area contributed by atoms with Crippen molar-refractivity contribution in [3.05, 3.63) is 0 Å². The van der Waals surface area contributed by atoms with Crippen molar-refractivity contribution in [2.24, 2.45) is 16.7 Å². The zero-order chi connectivity index (χ0) is 13.0. The van der Waals surface area contributed by atoms with E-state index in [-0.39, 0.29) is 28.9 Å². The number of piperidine rings is 1. The molecular formula is C13H21NO3. The zero-order valence-corrected chi connectivity index (χ0v) is 11.2. The Labute approximate surface area is 102 Å². The van der Waals surface area contributed by atoms with Crippen LogP contribution in [0, 0.1) is 16.7 Å². The summed E-state index contributed by atoms with van der Waals surface area (Å²) in [5, 5.41) is 0. The van der Waals surface area contributed by atoms with Gasteiger partial charge < -0.3 is 9.64 Å². The van der Waals surface area contributed by atoms with E-state index in [4.69, 9.17) is 4.74 Å². The van der Waals surface area contributed by atoms with Crippen molar-refractivity contribution in [3.8, 4) is 0 Å². The average Bonchev–Trinajstić information content (AvgIpc) is 2.27. The molecule has 0 unspecified atom stereocenters. The van der Waals surface area contributed by atoms with E-state index in [2.05, 4.69) is 27.7 Å². The SMILES string of the molecule is COC(=O)N1CCC(=O)[C@@H]2[C@@H]1C(C)(C)C2(C)C. The van der Waals surface area contributed by atoms with Crippen molar-refractivity contribution < 1.29 is 14.3 Å². The molecule has 2 aliphatic rings. The van der Waals surface area contributed by atoms with E-state index in [1.54, 1.807) is 4.90 Å². The van der Waals surface area contributed by atoms with Gasteiger partial charge in [-0.15, -0.1) is 0 Å².